The van der Waals surface area contributed by atoms with Crippen molar-refractivity contribution in [2.24, 2.45) is 0 Å². The van der Waals surface area contributed by atoms with Gasteiger partial charge in [-0.05, 0) is 24.3 Å². The predicted molar refractivity (Wildman–Crippen MR) is 94.0 cm³/mol. The Balaban J connectivity index is 2.01. The molecule has 0 saturated heterocycles. The Morgan fingerprint density at radius 1 is 0.875 bits per heavy atom. The number of rotatable bonds is 5. The second-order valence-corrected chi connectivity index (χ2v) is 6.13. The van der Waals surface area contributed by atoms with E-state index in [-0.39, 0.29) is 22.8 Å². The van der Waals surface area contributed by atoms with Gasteiger partial charge in [0.05, 0.1) is 0 Å². The van der Waals surface area contributed by atoms with Crippen molar-refractivity contribution in [1.29, 1.82) is 0 Å². The van der Waals surface area contributed by atoms with Crippen molar-refractivity contribution < 1.29 is 14.7 Å². The van der Waals surface area contributed by atoms with Crippen LogP contribution in [0.5, 0.6) is 0 Å². The van der Waals surface area contributed by atoms with Crippen LogP contribution >= 0.6 is 0 Å². The molecule has 3 heteroatoms. The summed E-state index contributed by atoms with van der Waals surface area (Å²) in [6.07, 6.45) is 2.23. The molecule has 0 heterocycles. The zero-order valence-electron chi connectivity index (χ0n) is 13.7. The lowest BCUT2D eigenvalue weighted by Gasteiger charge is -2.22. The molecule has 1 aliphatic rings. The van der Waals surface area contributed by atoms with Gasteiger partial charge < -0.3 is 5.11 Å². The molecule has 1 unspecified atom stereocenters. The number of allylic oxidation sites excluding steroid dienone is 1. The molecule has 0 amide bonds. The molecule has 2 aromatic carbocycles. The number of hydrogen-bond donors (Lipinski definition) is 1. The molecular weight excluding hydrogens is 300 g/mol. The highest BCUT2D eigenvalue weighted by Crippen LogP contribution is 2.35. The third-order valence-corrected chi connectivity index (χ3v) is 4.55. The summed E-state index contributed by atoms with van der Waals surface area (Å²) in [6, 6.07) is 16.7. The Hall–Kier alpha value is -2.68. The monoisotopic (exact) mass is 320 g/mol. The van der Waals surface area contributed by atoms with Crippen LogP contribution in [0.15, 0.2) is 60.2 Å². The van der Waals surface area contributed by atoms with Gasteiger partial charge in [-0.25, -0.2) is 0 Å². The molecule has 0 bridgehead atoms. The summed E-state index contributed by atoms with van der Waals surface area (Å²) in [5, 5.41) is 10.6. The standard InChI is InChI=1S/C21H20O3/c1-2-8-15(14-9-4-3-5-10-14)13-18-19(22)16-11-6-7-12-17(16)20(23)21(18)24/h3-7,9-12,15,22H,2,8,13H2,1H3. The van der Waals surface area contributed by atoms with Gasteiger partial charge in [-0.15, -0.1) is 0 Å². The van der Waals surface area contributed by atoms with Crippen LogP contribution in [-0.4, -0.2) is 16.7 Å². The first-order chi connectivity index (χ1) is 11.6. The van der Waals surface area contributed by atoms with Crippen molar-refractivity contribution in [1.82, 2.24) is 0 Å². The highest BCUT2D eigenvalue weighted by atomic mass is 16.3. The van der Waals surface area contributed by atoms with Crippen LogP contribution in [0.4, 0.5) is 0 Å². The number of ketones is 2. The third kappa shape index (κ3) is 2.90. The van der Waals surface area contributed by atoms with Gasteiger partial charge in [-0.3, -0.25) is 9.59 Å². The van der Waals surface area contributed by atoms with Gasteiger partial charge in [-0.2, -0.15) is 0 Å². The Morgan fingerprint density at radius 3 is 2.17 bits per heavy atom. The molecule has 0 aromatic heterocycles. The molecular formula is C21H20O3. The van der Waals surface area contributed by atoms with E-state index in [1.165, 1.54) is 0 Å². The van der Waals surface area contributed by atoms with Gasteiger partial charge >= 0.3 is 0 Å². The first-order valence-electron chi connectivity index (χ1n) is 8.29. The molecule has 0 spiro atoms. The second-order valence-electron chi connectivity index (χ2n) is 6.13. The summed E-state index contributed by atoms with van der Waals surface area (Å²) in [5.74, 6) is -1.05. The number of aliphatic hydroxyl groups excluding tert-OH is 1. The molecule has 1 aliphatic carbocycles. The fourth-order valence-electron chi connectivity index (χ4n) is 3.31. The van der Waals surface area contributed by atoms with E-state index in [0.29, 0.717) is 12.0 Å². The maximum atomic E-state index is 12.5. The van der Waals surface area contributed by atoms with Gasteiger partial charge in [0.2, 0.25) is 11.6 Å². The minimum absolute atomic E-state index is 0.0489. The van der Waals surface area contributed by atoms with E-state index >= 15 is 0 Å². The van der Waals surface area contributed by atoms with Crippen LogP contribution in [0.3, 0.4) is 0 Å². The SMILES string of the molecule is CCCC(CC1=C(O)c2ccccc2C(=O)C1=O)c1ccccc1. The van der Waals surface area contributed by atoms with Crippen molar-refractivity contribution in [3.8, 4) is 0 Å². The number of Topliss-reactive ketones (excluding diaryl/α,β-unsaturated/α-hetero) is 2. The van der Waals surface area contributed by atoms with Gasteiger partial charge in [-0.1, -0.05) is 67.9 Å². The van der Waals surface area contributed by atoms with Gasteiger partial charge in [0, 0.05) is 16.7 Å². The van der Waals surface area contributed by atoms with Crippen molar-refractivity contribution in [2.75, 3.05) is 0 Å². The van der Waals surface area contributed by atoms with Crippen molar-refractivity contribution in [3.63, 3.8) is 0 Å². The first kappa shape index (κ1) is 16.2. The molecule has 0 fully saturated rings. The largest absolute Gasteiger partial charge is 0.507 e. The highest BCUT2D eigenvalue weighted by molar-refractivity contribution is 6.52. The smallest absolute Gasteiger partial charge is 0.234 e. The van der Waals surface area contributed by atoms with E-state index in [0.717, 1.165) is 18.4 Å². The van der Waals surface area contributed by atoms with Crippen molar-refractivity contribution >= 4 is 17.3 Å². The van der Waals surface area contributed by atoms with E-state index in [1.54, 1.807) is 24.3 Å². The van der Waals surface area contributed by atoms with Gasteiger partial charge in [0.15, 0.2) is 0 Å². The number of carbonyl (C=O) groups is 2. The van der Waals surface area contributed by atoms with Crippen LogP contribution < -0.4 is 0 Å². The molecule has 3 nitrogen and oxygen atoms in total. The number of benzene rings is 2. The molecule has 2 aromatic rings. The van der Waals surface area contributed by atoms with Gasteiger partial charge in [0.25, 0.3) is 0 Å². The lowest BCUT2D eigenvalue weighted by molar-refractivity contribution is -0.112. The predicted octanol–water partition coefficient (Wildman–Crippen LogP) is 4.70. The molecule has 0 aliphatic heterocycles. The minimum atomic E-state index is -0.580. The molecule has 3 rings (SSSR count). The summed E-state index contributed by atoms with van der Waals surface area (Å²) < 4.78 is 0. The van der Waals surface area contributed by atoms with E-state index in [1.807, 2.05) is 30.3 Å². The van der Waals surface area contributed by atoms with Crippen LogP contribution in [0, 0.1) is 0 Å². The quantitative estimate of drug-likeness (QED) is 0.813. The van der Waals surface area contributed by atoms with Crippen LogP contribution in [0.25, 0.3) is 5.76 Å². The Bertz CT molecular complexity index is 803. The molecule has 0 radical (unpaired) electrons. The second kappa shape index (κ2) is 6.83. The van der Waals surface area contributed by atoms with E-state index < -0.39 is 11.6 Å². The number of fused-ring (bicyclic) bond motifs is 1. The van der Waals surface area contributed by atoms with E-state index in [9.17, 15) is 14.7 Å². The average Bonchev–Trinajstić information content (AvgIpc) is 2.63. The summed E-state index contributed by atoms with van der Waals surface area (Å²) >= 11 is 0. The maximum absolute atomic E-state index is 12.5. The summed E-state index contributed by atoms with van der Waals surface area (Å²) in [5.41, 5.74) is 2.11. The fourth-order valence-corrected chi connectivity index (χ4v) is 3.31. The van der Waals surface area contributed by atoms with Crippen molar-refractivity contribution in [3.05, 3.63) is 76.9 Å². The summed E-state index contributed by atoms with van der Waals surface area (Å²) in [7, 11) is 0. The molecule has 1 N–H and O–H groups in total. The van der Waals surface area contributed by atoms with E-state index in [4.69, 9.17) is 0 Å². The number of aliphatic hydroxyl groups is 1. The van der Waals surface area contributed by atoms with Crippen LogP contribution in [-0.2, 0) is 4.79 Å². The maximum Gasteiger partial charge on any atom is 0.234 e. The Labute approximate surface area is 141 Å². The topological polar surface area (TPSA) is 54.4 Å². The molecule has 0 saturated carbocycles. The van der Waals surface area contributed by atoms with Crippen LogP contribution in [0.1, 0.15) is 53.6 Å². The summed E-state index contributed by atoms with van der Waals surface area (Å²) in [6.45, 7) is 2.09. The average molecular weight is 320 g/mol. The molecule has 24 heavy (non-hydrogen) atoms. The highest BCUT2D eigenvalue weighted by Gasteiger charge is 2.33. The fraction of sp³-hybridized carbons (Fsp3) is 0.238. The zero-order chi connectivity index (χ0) is 17.1. The van der Waals surface area contributed by atoms with Gasteiger partial charge in [0.1, 0.15) is 5.76 Å². The summed E-state index contributed by atoms with van der Waals surface area (Å²) in [4.78, 5) is 24.9. The van der Waals surface area contributed by atoms with Crippen LogP contribution in [0.2, 0.25) is 0 Å². The number of carbonyl (C=O) groups excluding carboxylic acids is 2. The number of hydrogen-bond acceptors (Lipinski definition) is 3. The molecule has 1 atom stereocenters. The first-order valence-corrected chi connectivity index (χ1v) is 8.29. The third-order valence-electron chi connectivity index (χ3n) is 4.55. The van der Waals surface area contributed by atoms with Crippen molar-refractivity contribution in [2.45, 2.75) is 32.1 Å². The lowest BCUT2D eigenvalue weighted by Crippen LogP contribution is -2.25. The Kier molecular flexibility index (Phi) is 4.61. The molecule has 122 valence electrons. The Morgan fingerprint density at radius 2 is 1.50 bits per heavy atom. The normalized spacial score (nSPS) is 15.4. The lowest BCUT2D eigenvalue weighted by atomic mass is 9.81. The zero-order valence-corrected chi connectivity index (χ0v) is 13.7. The minimum Gasteiger partial charge on any atom is -0.507 e. The van der Waals surface area contributed by atoms with E-state index in [2.05, 4.69) is 6.92 Å².